The SMILES string of the molecule is CCOc1ccc([C@@H]2Nc3ccc(I)cc3C(=O)N2c2ccc(OCC)cc2)cc1. The Hall–Kier alpha value is -2.74. The van der Waals surface area contributed by atoms with Crippen LogP contribution >= 0.6 is 22.6 Å². The average molecular weight is 514 g/mol. The molecular formula is C24H23IN2O3. The summed E-state index contributed by atoms with van der Waals surface area (Å²) in [5.41, 5.74) is 3.28. The highest BCUT2D eigenvalue weighted by Gasteiger charge is 2.34. The van der Waals surface area contributed by atoms with Crippen molar-refractivity contribution in [2.45, 2.75) is 20.0 Å². The van der Waals surface area contributed by atoms with Gasteiger partial charge in [0, 0.05) is 14.9 Å². The van der Waals surface area contributed by atoms with Crippen molar-refractivity contribution < 1.29 is 14.3 Å². The van der Waals surface area contributed by atoms with Gasteiger partial charge < -0.3 is 14.8 Å². The van der Waals surface area contributed by atoms with Crippen LogP contribution in [0.3, 0.4) is 0 Å². The van der Waals surface area contributed by atoms with Crippen LogP contribution in [0.4, 0.5) is 11.4 Å². The molecular weight excluding hydrogens is 491 g/mol. The van der Waals surface area contributed by atoms with E-state index in [1.807, 2.05) is 80.6 Å². The van der Waals surface area contributed by atoms with Crippen LogP contribution in [0.15, 0.2) is 66.7 Å². The summed E-state index contributed by atoms with van der Waals surface area (Å²) in [4.78, 5) is 15.4. The van der Waals surface area contributed by atoms with Crippen molar-refractivity contribution in [1.29, 1.82) is 0 Å². The minimum atomic E-state index is -0.335. The van der Waals surface area contributed by atoms with Gasteiger partial charge in [-0.05, 0) is 96.6 Å². The van der Waals surface area contributed by atoms with Crippen molar-refractivity contribution in [1.82, 2.24) is 0 Å². The first-order valence-corrected chi connectivity index (χ1v) is 11.0. The molecule has 6 heteroatoms. The lowest BCUT2D eigenvalue weighted by atomic mass is 10.0. The minimum absolute atomic E-state index is 0.0367. The van der Waals surface area contributed by atoms with Gasteiger partial charge in [0.2, 0.25) is 0 Å². The van der Waals surface area contributed by atoms with E-state index in [0.29, 0.717) is 18.8 Å². The fourth-order valence-corrected chi connectivity index (χ4v) is 4.05. The summed E-state index contributed by atoms with van der Waals surface area (Å²) >= 11 is 2.23. The van der Waals surface area contributed by atoms with Gasteiger partial charge in [-0.1, -0.05) is 12.1 Å². The largest absolute Gasteiger partial charge is 0.494 e. The van der Waals surface area contributed by atoms with E-state index in [0.717, 1.165) is 32.0 Å². The second-order valence-corrected chi connectivity index (χ2v) is 8.09. The molecule has 0 saturated heterocycles. The van der Waals surface area contributed by atoms with Crippen LogP contribution in [0.1, 0.15) is 35.9 Å². The Kier molecular flexibility index (Phi) is 6.13. The fourth-order valence-electron chi connectivity index (χ4n) is 3.56. The van der Waals surface area contributed by atoms with Gasteiger partial charge in [0.1, 0.15) is 17.7 Å². The molecule has 1 aliphatic rings. The van der Waals surface area contributed by atoms with Crippen molar-refractivity contribution >= 4 is 39.9 Å². The van der Waals surface area contributed by atoms with E-state index in [4.69, 9.17) is 9.47 Å². The van der Waals surface area contributed by atoms with Crippen LogP contribution in [0.2, 0.25) is 0 Å². The molecule has 3 aromatic rings. The molecule has 0 radical (unpaired) electrons. The van der Waals surface area contributed by atoms with E-state index in [2.05, 4.69) is 27.9 Å². The number of ether oxygens (including phenoxy) is 2. The number of hydrogen-bond acceptors (Lipinski definition) is 4. The molecule has 4 rings (SSSR count). The quantitative estimate of drug-likeness (QED) is 0.419. The number of nitrogens with one attached hydrogen (secondary N) is 1. The first-order chi connectivity index (χ1) is 14.6. The summed E-state index contributed by atoms with van der Waals surface area (Å²) in [7, 11) is 0. The van der Waals surface area contributed by atoms with Gasteiger partial charge in [0.15, 0.2) is 0 Å². The zero-order valence-electron chi connectivity index (χ0n) is 16.9. The second-order valence-electron chi connectivity index (χ2n) is 6.84. The van der Waals surface area contributed by atoms with E-state index < -0.39 is 0 Å². The standard InChI is InChI=1S/C24H23IN2O3/c1-3-29-19-10-5-16(6-11-19)23-26-22-14-7-17(25)15-21(22)24(28)27(23)18-8-12-20(13-9-18)30-4-2/h5-15,23,26H,3-4H2,1-2H3/t23-/m1/s1. The molecule has 5 nitrogen and oxygen atoms in total. The Morgan fingerprint density at radius 3 is 2.10 bits per heavy atom. The molecule has 30 heavy (non-hydrogen) atoms. The highest BCUT2D eigenvalue weighted by atomic mass is 127. The van der Waals surface area contributed by atoms with Crippen molar-refractivity contribution in [3.05, 3.63) is 81.4 Å². The van der Waals surface area contributed by atoms with Crippen molar-refractivity contribution in [3.8, 4) is 11.5 Å². The topological polar surface area (TPSA) is 50.8 Å². The highest BCUT2D eigenvalue weighted by molar-refractivity contribution is 14.1. The third kappa shape index (κ3) is 4.09. The summed E-state index contributed by atoms with van der Waals surface area (Å²) in [5, 5.41) is 3.54. The van der Waals surface area contributed by atoms with Gasteiger partial charge in [-0.2, -0.15) is 0 Å². The normalized spacial score (nSPS) is 15.4. The number of benzene rings is 3. The molecule has 1 amide bonds. The van der Waals surface area contributed by atoms with E-state index in [9.17, 15) is 4.79 Å². The minimum Gasteiger partial charge on any atom is -0.494 e. The molecule has 1 atom stereocenters. The van der Waals surface area contributed by atoms with E-state index in [-0.39, 0.29) is 12.1 Å². The summed E-state index contributed by atoms with van der Waals surface area (Å²) in [6.45, 7) is 5.13. The maximum absolute atomic E-state index is 13.6. The molecule has 0 fully saturated rings. The molecule has 0 spiro atoms. The number of fused-ring (bicyclic) bond motifs is 1. The predicted molar refractivity (Wildman–Crippen MR) is 128 cm³/mol. The molecule has 0 unspecified atom stereocenters. The fraction of sp³-hybridized carbons (Fsp3) is 0.208. The van der Waals surface area contributed by atoms with Gasteiger partial charge in [-0.25, -0.2) is 0 Å². The number of halogens is 1. The lowest BCUT2D eigenvalue weighted by molar-refractivity contribution is 0.0975. The third-order valence-corrected chi connectivity index (χ3v) is 5.58. The van der Waals surface area contributed by atoms with Crippen LogP contribution in [0.25, 0.3) is 0 Å². The third-order valence-electron chi connectivity index (χ3n) is 4.91. The summed E-state index contributed by atoms with van der Waals surface area (Å²) in [6, 6.07) is 21.4. The van der Waals surface area contributed by atoms with Crippen molar-refractivity contribution in [2.75, 3.05) is 23.4 Å². The Labute approximate surface area is 190 Å². The number of carbonyl (C=O) groups is 1. The van der Waals surface area contributed by atoms with E-state index >= 15 is 0 Å². The first-order valence-electron chi connectivity index (χ1n) is 9.96. The molecule has 154 valence electrons. The Morgan fingerprint density at radius 1 is 0.900 bits per heavy atom. The van der Waals surface area contributed by atoms with Gasteiger partial charge >= 0.3 is 0 Å². The summed E-state index contributed by atoms with van der Waals surface area (Å²) in [5.74, 6) is 1.56. The van der Waals surface area contributed by atoms with Crippen LogP contribution in [-0.4, -0.2) is 19.1 Å². The van der Waals surface area contributed by atoms with Crippen LogP contribution in [-0.2, 0) is 0 Å². The Morgan fingerprint density at radius 2 is 1.50 bits per heavy atom. The van der Waals surface area contributed by atoms with Gasteiger partial charge in [0.25, 0.3) is 5.91 Å². The highest BCUT2D eigenvalue weighted by Crippen LogP contribution is 2.38. The molecule has 0 aromatic heterocycles. The van der Waals surface area contributed by atoms with Gasteiger partial charge in [0.05, 0.1) is 18.8 Å². The molecule has 0 bridgehead atoms. The van der Waals surface area contributed by atoms with E-state index in [1.165, 1.54) is 0 Å². The van der Waals surface area contributed by atoms with Crippen molar-refractivity contribution in [3.63, 3.8) is 0 Å². The average Bonchev–Trinajstić information content (AvgIpc) is 2.76. The monoisotopic (exact) mass is 514 g/mol. The zero-order valence-corrected chi connectivity index (χ0v) is 19.0. The number of hydrogen-bond donors (Lipinski definition) is 1. The lowest BCUT2D eigenvalue weighted by Gasteiger charge is -2.38. The first kappa shape index (κ1) is 20.5. The Balaban J connectivity index is 1.76. The second kappa shape index (κ2) is 8.95. The zero-order chi connectivity index (χ0) is 21.1. The smallest absolute Gasteiger partial charge is 0.262 e. The Bertz CT molecular complexity index is 1040. The van der Waals surface area contributed by atoms with Crippen molar-refractivity contribution in [2.24, 2.45) is 0 Å². The van der Waals surface area contributed by atoms with Crippen LogP contribution in [0, 0.1) is 3.57 Å². The predicted octanol–water partition coefficient (Wildman–Crippen LogP) is 5.86. The number of carbonyl (C=O) groups excluding carboxylic acids is 1. The van der Waals surface area contributed by atoms with Crippen LogP contribution in [0.5, 0.6) is 11.5 Å². The molecule has 0 aliphatic carbocycles. The molecule has 1 heterocycles. The lowest BCUT2D eigenvalue weighted by Crippen LogP contribution is -2.43. The number of rotatable bonds is 6. The van der Waals surface area contributed by atoms with Gasteiger partial charge in [-0.15, -0.1) is 0 Å². The molecule has 3 aromatic carbocycles. The number of nitrogens with zero attached hydrogens (tertiary/aromatic N) is 1. The molecule has 0 saturated carbocycles. The maximum atomic E-state index is 13.6. The van der Waals surface area contributed by atoms with Gasteiger partial charge in [-0.3, -0.25) is 9.69 Å². The summed E-state index contributed by atoms with van der Waals surface area (Å²) < 4.78 is 12.2. The summed E-state index contributed by atoms with van der Waals surface area (Å²) in [6.07, 6.45) is -0.335. The number of amides is 1. The van der Waals surface area contributed by atoms with Crippen LogP contribution < -0.4 is 19.7 Å². The maximum Gasteiger partial charge on any atom is 0.262 e. The number of anilines is 2. The molecule has 1 N–H and O–H groups in total. The van der Waals surface area contributed by atoms with E-state index in [1.54, 1.807) is 4.90 Å². The molecule has 1 aliphatic heterocycles.